The third-order valence-corrected chi connectivity index (χ3v) is 2.62. The van der Waals surface area contributed by atoms with Crippen molar-refractivity contribution in [2.24, 2.45) is 0 Å². The lowest BCUT2D eigenvalue weighted by Crippen LogP contribution is -1.97. The molecule has 0 aliphatic heterocycles. The quantitative estimate of drug-likeness (QED) is 0.896. The van der Waals surface area contributed by atoms with Gasteiger partial charge in [0.1, 0.15) is 10.8 Å². The van der Waals surface area contributed by atoms with E-state index in [-0.39, 0.29) is 11.7 Å². The molecule has 0 aliphatic rings. The molecule has 0 bridgehead atoms. The predicted molar refractivity (Wildman–Crippen MR) is 63.0 cm³/mol. The number of hydrogen-bond acceptors (Lipinski definition) is 4. The molecule has 0 radical (unpaired) electrons. The molecule has 1 aromatic heterocycles. The number of nitrogens with zero attached hydrogens (tertiary/aromatic N) is 2. The largest absolute Gasteiger partial charge is 0.434 e. The standard InChI is InChI=1S/C10H7Cl2N3O/c11-6-2-1-3-7(8(6)12)16-10-9(13)14-4-5-15-10/h1-5H,(H2,13,14). The lowest BCUT2D eigenvalue weighted by atomic mass is 10.3. The van der Waals surface area contributed by atoms with Crippen LogP contribution < -0.4 is 10.5 Å². The monoisotopic (exact) mass is 255 g/mol. The third kappa shape index (κ3) is 2.18. The van der Waals surface area contributed by atoms with Gasteiger partial charge in [-0.25, -0.2) is 9.97 Å². The summed E-state index contributed by atoms with van der Waals surface area (Å²) in [5.41, 5.74) is 5.58. The van der Waals surface area contributed by atoms with Crippen LogP contribution in [0.4, 0.5) is 5.82 Å². The number of benzene rings is 1. The van der Waals surface area contributed by atoms with E-state index in [0.717, 1.165) is 0 Å². The maximum absolute atomic E-state index is 5.95. The molecular weight excluding hydrogens is 249 g/mol. The van der Waals surface area contributed by atoms with E-state index in [4.69, 9.17) is 33.7 Å². The van der Waals surface area contributed by atoms with E-state index < -0.39 is 0 Å². The summed E-state index contributed by atoms with van der Waals surface area (Å²) < 4.78 is 5.41. The van der Waals surface area contributed by atoms with E-state index in [0.29, 0.717) is 15.8 Å². The van der Waals surface area contributed by atoms with Crippen LogP contribution in [-0.4, -0.2) is 9.97 Å². The van der Waals surface area contributed by atoms with Crippen LogP contribution in [0.3, 0.4) is 0 Å². The van der Waals surface area contributed by atoms with Crippen LogP contribution in [0.25, 0.3) is 0 Å². The molecule has 16 heavy (non-hydrogen) atoms. The van der Waals surface area contributed by atoms with Crippen LogP contribution >= 0.6 is 23.2 Å². The van der Waals surface area contributed by atoms with Gasteiger partial charge >= 0.3 is 0 Å². The molecule has 0 saturated heterocycles. The van der Waals surface area contributed by atoms with Crippen LogP contribution in [0.15, 0.2) is 30.6 Å². The number of nitrogen functional groups attached to an aromatic ring is 1. The van der Waals surface area contributed by atoms with Gasteiger partial charge in [-0.05, 0) is 12.1 Å². The molecule has 6 heteroatoms. The molecule has 0 saturated carbocycles. The van der Waals surface area contributed by atoms with Crippen molar-refractivity contribution < 1.29 is 4.74 Å². The molecule has 1 heterocycles. The molecule has 1 aromatic carbocycles. The molecule has 4 nitrogen and oxygen atoms in total. The number of anilines is 1. The van der Waals surface area contributed by atoms with Gasteiger partial charge in [-0.1, -0.05) is 29.3 Å². The second-order valence-corrected chi connectivity index (χ2v) is 3.69. The first-order valence-corrected chi connectivity index (χ1v) is 5.12. The summed E-state index contributed by atoms with van der Waals surface area (Å²) >= 11 is 11.8. The van der Waals surface area contributed by atoms with Gasteiger partial charge in [-0.15, -0.1) is 0 Å². The fourth-order valence-electron chi connectivity index (χ4n) is 1.08. The fourth-order valence-corrected chi connectivity index (χ4v) is 1.41. The first-order chi connectivity index (χ1) is 7.68. The van der Waals surface area contributed by atoms with Crippen LogP contribution in [-0.2, 0) is 0 Å². The summed E-state index contributed by atoms with van der Waals surface area (Å²) in [6.07, 6.45) is 2.95. The number of halogens is 2. The zero-order valence-electron chi connectivity index (χ0n) is 8.02. The van der Waals surface area contributed by atoms with Gasteiger partial charge in [0.2, 0.25) is 0 Å². The highest BCUT2D eigenvalue weighted by atomic mass is 35.5. The Morgan fingerprint density at radius 2 is 1.88 bits per heavy atom. The first kappa shape index (κ1) is 11.0. The smallest absolute Gasteiger partial charge is 0.262 e. The molecule has 0 aliphatic carbocycles. The lowest BCUT2D eigenvalue weighted by molar-refractivity contribution is 0.463. The maximum atomic E-state index is 5.95. The Morgan fingerprint density at radius 3 is 2.62 bits per heavy atom. The zero-order valence-corrected chi connectivity index (χ0v) is 9.53. The summed E-state index contributed by atoms with van der Waals surface area (Å²) in [4.78, 5) is 7.77. The van der Waals surface area contributed by atoms with Crippen molar-refractivity contribution in [2.75, 3.05) is 5.73 Å². The zero-order chi connectivity index (χ0) is 11.5. The summed E-state index contributed by atoms with van der Waals surface area (Å²) in [7, 11) is 0. The maximum Gasteiger partial charge on any atom is 0.262 e. The Morgan fingerprint density at radius 1 is 1.12 bits per heavy atom. The summed E-state index contributed by atoms with van der Waals surface area (Å²) in [5.74, 6) is 0.784. The van der Waals surface area contributed by atoms with Gasteiger partial charge in [0.05, 0.1) is 5.02 Å². The van der Waals surface area contributed by atoms with E-state index in [1.54, 1.807) is 18.2 Å². The second kappa shape index (κ2) is 4.55. The normalized spacial score (nSPS) is 10.1. The molecule has 2 aromatic rings. The van der Waals surface area contributed by atoms with Gasteiger partial charge in [0.15, 0.2) is 5.82 Å². The number of hydrogen-bond donors (Lipinski definition) is 1. The number of ether oxygens (including phenoxy) is 1. The predicted octanol–water partition coefficient (Wildman–Crippen LogP) is 3.16. The SMILES string of the molecule is Nc1nccnc1Oc1cccc(Cl)c1Cl. The molecule has 0 amide bonds. The van der Waals surface area contributed by atoms with Crippen molar-refractivity contribution in [3.63, 3.8) is 0 Å². The van der Waals surface area contributed by atoms with Crippen LogP contribution in [0.2, 0.25) is 10.0 Å². The Labute approximate surface area is 102 Å². The average molecular weight is 256 g/mol. The third-order valence-electron chi connectivity index (χ3n) is 1.81. The van der Waals surface area contributed by atoms with Gasteiger partial charge in [-0.3, -0.25) is 0 Å². The van der Waals surface area contributed by atoms with Crippen molar-refractivity contribution in [1.82, 2.24) is 9.97 Å². The number of aromatic nitrogens is 2. The minimum Gasteiger partial charge on any atom is -0.434 e. The average Bonchev–Trinajstić information content (AvgIpc) is 2.28. The second-order valence-electron chi connectivity index (χ2n) is 2.90. The fraction of sp³-hybridized carbons (Fsp3) is 0. The first-order valence-electron chi connectivity index (χ1n) is 4.37. The lowest BCUT2D eigenvalue weighted by Gasteiger charge is -2.08. The van der Waals surface area contributed by atoms with Crippen LogP contribution in [0.5, 0.6) is 11.6 Å². The van der Waals surface area contributed by atoms with E-state index in [1.807, 2.05) is 0 Å². The Balaban J connectivity index is 2.35. The van der Waals surface area contributed by atoms with E-state index in [2.05, 4.69) is 9.97 Å². The van der Waals surface area contributed by atoms with E-state index >= 15 is 0 Å². The molecule has 0 atom stereocenters. The Hall–Kier alpha value is -1.52. The molecule has 2 rings (SSSR count). The van der Waals surface area contributed by atoms with Crippen molar-refractivity contribution >= 4 is 29.0 Å². The molecule has 2 N–H and O–H groups in total. The number of rotatable bonds is 2. The van der Waals surface area contributed by atoms with Gasteiger partial charge in [-0.2, -0.15) is 0 Å². The molecule has 0 spiro atoms. The van der Waals surface area contributed by atoms with Crippen molar-refractivity contribution in [2.45, 2.75) is 0 Å². The molecule has 0 unspecified atom stereocenters. The van der Waals surface area contributed by atoms with Gasteiger partial charge < -0.3 is 10.5 Å². The minimum absolute atomic E-state index is 0.193. The van der Waals surface area contributed by atoms with E-state index in [1.165, 1.54) is 12.4 Å². The molecule has 82 valence electrons. The van der Waals surface area contributed by atoms with Crippen molar-refractivity contribution in [3.05, 3.63) is 40.6 Å². The summed E-state index contributed by atoms with van der Waals surface area (Å²) in [5, 5.41) is 0.718. The highest BCUT2D eigenvalue weighted by molar-refractivity contribution is 6.42. The minimum atomic E-state index is 0.193. The summed E-state index contributed by atoms with van der Waals surface area (Å²) in [6, 6.07) is 5.05. The van der Waals surface area contributed by atoms with Gasteiger partial charge in [0.25, 0.3) is 5.88 Å². The summed E-state index contributed by atoms with van der Waals surface area (Å²) in [6.45, 7) is 0. The molecular formula is C10H7Cl2N3O. The highest BCUT2D eigenvalue weighted by Gasteiger charge is 2.09. The Kier molecular flexibility index (Phi) is 3.12. The number of nitrogens with two attached hydrogens (primary N) is 1. The Bertz CT molecular complexity index is 519. The van der Waals surface area contributed by atoms with E-state index in [9.17, 15) is 0 Å². The van der Waals surface area contributed by atoms with Gasteiger partial charge in [0, 0.05) is 12.4 Å². The van der Waals surface area contributed by atoms with Crippen molar-refractivity contribution in [3.8, 4) is 11.6 Å². The molecule has 0 fully saturated rings. The highest BCUT2D eigenvalue weighted by Crippen LogP contribution is 2.34. The topological polar surface area (TPSA) is 61.0 Å². The van der Waals surface area contributed by atoms with Crippen LogP contribution in [0, 0.1) is 0 Å². The van der Waals surface area contributed by atoms with Crippen LogP contribution in [0.1, 0.15) is 0 Å². The van der Waals surface area contributed by atoms with Crippen molar-refractivity contribution in [1.29, 1.82) is 0 Å².